The number of amides is 1. The molecule has 29 heavy (non-hydrogen) atoms. The van der Waals surface area contributed by atoms with Crippen molar-refractivity contribution in [1.82, 2.24) is 15.5 Å². The molecule has 0 aliphatic heterocycles. The molecule has 154 valence electrons. The Morgan fingerprint density at radius 2 is 1.72 bits per heavy atom. The molecule has 0 aliphatic rings. The molecule has 0 saturated heterocycles. The second kappa shape index (κ2) is 10.8. The first-order valence-corrected chi connectivity index (χ1v) is 9.38. The van der Waals surface area contributed by atoms with Gasteiger partial charge in [0.25, 0.3) is 0 Å². The molecule has 0 aliphatic carbocycles. The second-order valence-corrected chi connectivity index (χ2v) is 6.77. The smallest absolute Gasteiger partial charge is 0.337 e. The highest BCUT2D eigenvalue weighted by molar-refractivity contribution is 5.89. The summed E-state index contributed by atoms with van der Waals surface area (Å²) in [7, 11) is 4.78. The summed E-state index contributed by atoms with van der Waals surface area (Å²) in [6.45, 7) is 2.57. The Bertz CT molecular complexity index is 833. The molecule has 2 aromatic rings. The summed E-state index contributed by atoms with van der Waals surface area (Å²) >= 11 is 0. The maximum Gasteiger partial charge on any atom is 0.337 e. The summed E-state index contributed by atoms with van der Waals surface area (Å²) in [5.41, 5.74) is 2.54. The van der Waals surface area contributed by atoms with E-state index in [4.69, 9.17) is 4.74 Å². The molecule has 0 aromatic heterocycles. The summed E-state index contributed by atoms with van der Waals surface area (Å²) in [6.07, 6.45) is 0. The van der Waals surface area contributed by atoms with Gasteiger partial charge in [-0.05, 0) is 30.2 Å². The van der Waals surface area contributed by atoms with Crippen LogP contribution in [0.15, 0.2) is 59.6 Å². The highest BCUT2D eigenvalue weighted by Gasteiger charge is 2.10. The third-order valence-electron chi connectivity index (χ3n) is 4.35. The van der Waals surface area contributed by atoms with E-state index in [1.54, 1.807) is 26.2 Å². The Hall–Kier alpha value is -3.35. The summed E-state index contributed by atoms with van der Waals surface area (Å²) in [6, 6.07) is 17.1. The zero-order valence-corrected chi connectivity index (χ0v) is 17.3. The summed E-state index contributed by atoms with van der Waals surface area (Å²) < 4.78 is 4.71. The molecule has 0 radical (unpaired) electrons. The van der Waals surface area contributed by atoms with Gasteiger partial charge in [0.1, 0.15) is 0 Å². The molecule has 0 fully saturated rings. The molecule has 0 heterocycles. The van der Waals surface area contributed by atoms with Crippen LogP contribution < -0.4 is 10.6 Å². The first-order valence-electron chi connectivity index (χ1n) is 9.38. The number of aliphatic imine (C=N–C) groups is 1. The van der Waals surface area contributed by atoms with Crippen LogP contribution in [0.4, 0.5) is 0 Å². The quantitative estimate of drug-likeness (QED) is 0.426. The molecule has 1 amide bonds. The second-order valence-electron chi connectivity index (χ2n) is 6.77. The summed E-state index contributed by atoms with van der Waals surface area (Å²) in [5, 5.41) is 6.41. The maximum atomic E-state index is 11.9. The number of benzene rings is 2. The van der Waals surface area contributed by atoms with Crippen LogP contribution in [-0.4, -0.2) is 50.5 Å². The van der Waals surface area contributed by atoms with Crippen molar-refractivity contribution in [3.8, 4) is 0 Å². The van der Waals surface area contributed by atoms with Gasteiger partial charge in [-0.3, -0.25) is 4.79 Å². The first kappa shape index (κ1) is 21.9. The van der Waals surface area contributed by atoms with Crippen LogP contribution in [0.25, 0.3) is 0 Å². The summed E-state index contributed by atoms with van der Waals surface area (Å²) in [4.78, 5) is 29.6. The minimum Gasteiger partial charge on any atom is -0.465 e. The Labute approximate surface area is 171 Å². The molecule has 1 unspecified atom stereocenters. The lowest BCUT2D eigenvalue weighted by Gasteiger charge is -2.19. The largest absolute Gasteiger partial charge is 0.465 e. The number of esters is 1. The zero-order chi connectivity index (χ0) is 21.2. The number of nitrogens with one attached hydrogen (secondary N) is 2. The first-order chi connectivity index (χ1) is 13.9. The van der Waals surface area contributed by atoms with Gasteiger partial charge in [0.15, 0.2) is 5.96 Å². The SMILES string of the molecule is COC(=O)c1ccc(CN=C(NCC(=O)N(C)C)NC(C)c2ccccc2)cc1. The predicted octanol–water partition coefficient (Wildman–Crippen LogP) is 2.36. The third kappa shape index (κ3) is 6.95. The van der Waals surface area contributed by atoms with E-state index in [0.29, 0.717) is 18.1 Å². The minimum atomic E-state index is -0.372. The molecule has 2 aromatic carbocycles. The molecular formula is C22H28N4O3. The van der Waals surface area contributed by atoms with Crippen LogP contribution in [0.2, 0.25) is 0 Å². The van der Waals surface area contributed by atoms with Crippen molar-refractivity contribution >= 4 is 17.8 Å². The van der Waals surface area contributed by atoms with Gasteiger partial charge in [-0.1, -0.05) is 42.5 Å². The number of carbonyl (C=O) groups excluding carboxylic acids is 2. The van der Waals surface area contributed by atoms with Crippen molar-refractivity contribution in [2.75, 3.05) is 27.7 Å². The fourth-order valence-electron chi connectivity index (χ4n) is 2.53. The highest BCUT2D eigenvalue weighted by atomic mass is 16.5. The number of carbonyl (C=O) groups is 2. The van der Waals surface area contributed by atoms with Gasteiger partial charge >= 0.3 is 5.97 Å². The molecule has 7 nitrogen and oxygen atoms in total. The van der Waals surface area contributed by atoms with E-state index < -0.39 is 0 Å². The number of guanidine groups is 1. The van der Waals surface area contributed by atoms with Crippen molar-refractivity contribution in [2.45, 2.75) is 19.5 Å². The Balaban J connectivity index is 2.10. The van der Waals surface area contributed by atoms with Crippen LogP contribution in [-0.2, 0) is 16.1 Å². The number of likely N-dealkylation sites (N-methyl/N-ethyl adjacent to an activating group) is 1. The molecule has 7 heteroatoms. The van der Waals surface area contributed by atoms with Crippen molar-refractivity contribution in [3.63, 3.8) is 0 Å². The standard InChI is InChI=1S/C22H28N4O3/c1-16(18-8-6-5-7-9-18)25-22(24-15-20(27)26(2)3)23-14-17-10-12-19(13-11-17)21(28)29-4/h5-13,16H,14-15H2,1-4H3,(H2,23,24,25). The molecular weight excluding hydrogens is 368 g/mol. The fourth-order valence-corrected chi connectivity index (χ4v) is 2.53. The zero-order valence-electron chi connectivity index (χ0n) is 17.3. The van der Waals surface area contributed by atoms with Gasteiger partial charge in [-0.15, -0.1) is 0 Å². The number of ether oxygens (including phenoxy) is 1. The molecule has 2 rings (SSSR count). The van der Waals surface area contributed by atoms with E-state index in [-0.39, 0.29) is 24.5 Å². The van der Waals surface area contributed by atoms with Crippen molar-refractivity contribution in [2.24, 2.45) is 4.99 Å². The maximum absolute atomic E-state index is 11.9. The molecule has 1 atom stereocenters. The van der Waals surface area contributed by atoms with Gasteiger partial charge in [-0.25, -0.2) is 9.79 Å². The Kier molecular flexibility index (Phi) is 8.21. The van der Waals surface area contributed by atoms with Gasteiger partial charge in [-0.2, -0.15) is 0 Å². The van der Waals surface area contributed by atoms with Crippen LogP contribution in [0, 0.1) is 0 Å². The lowest BCUT2D eigenvalue weighted by Crippen LogP contribution is -2.43. The van der Waals surface area contributed by atoms with Crippen LogP contribution in [0.3, 0.4) is 0 Å². The van der Waals surface area contributed by atoms with Gasteiger partial charge in [0.05, 0.1) is 31.8 Å². The Morgan fingerprint density at radius 1 is 1.07 bits per heavy atom. The topological polar surface area (TPSA) is 83.0 Å². The molecule has 0 bridgehead atoms. The monoisotopic (exact) mass is 396 g/mol. The summed E-state index contributed by atoms with van der Waals surface area (Å²) in [5.74, 6) is 0.117. The minimum absolute atomic E-state index is 0.0126. The van der Waals surface area contributed by atoms with E-state index in [2.05, 4.69) is 15.6 Å². The van der Waals surface area contributed by atoms with Crippen LogP contribution in [0.5, 0.6) is 0 Å². The van der Waals surface area contributed by atoms with E-state index in [9.17, 15) is 9.59 Å². The number of rotatable bonds is 7. The number of hydrogen-bond donors (Lipinski definition) is 2. The van der Waals surface area contributed by atoms with E-state index in [1.165, 1.54) is 12.0 Å². The number of hydrogen-bond acceptors (Lipinski definition) is 4. The predicted molar refractivity (Wildman–Crippen MR) is 114 cm³/mol. The van der Waals surface area contributed by atoms with Gasteiger partial charge < -0.3 is 20.3 Å². The van der Waals surface area contributed by atoms with E-state index in [1.807, 2.05) is 49.4 Å². The Morgan fingerprint density at radius 3 is 2.31 bits per heavy atom. The highest BCUT2D eigenvalue weighted by Crippen LogP contribution is 2.11. The van der Waals surface area contributed by atoms with Crippen LogP contribution in [0.1, 0.15) is 34.5 Å². The van der Waals surface area contributed by atoms with E-state index in [0.717, 1.165) is 11.1 Å². The van der Waals surface area contributed by atoms with E-state index >= 15 is 0 Å². The lowest BCUT2D eigenvalue weighted by atomic mass is 10.1. The fraction of sp³-hybridized carbons (Fsp3) is 0.318. The number of nitrogens with zero attached hydrogens (tertiary/aromatic N) is 2. The van der Waals surface area contributed by atoms with Crippen molar-refractivity contribution in [1.29, 1.82) is 0 Å². The average molecular weight is 396 g/mol. The van der Waals surface area contributed by atoms with Crippen molar-refractivity contribution in [3.05, 3.63) is 71.3 Å². The van der Waals surface area contributed by atoms with Crippen molar-refractivity contribution < 1.29 is 14.3 Å². The molecule has 2 N–H and O–H groups in total. The average Bonchev–Trinajstić information content (AvgIpc) is 2.75. The van der Waals surface area contributed by atoms with Gasteiger partial charge in [0, 0.05) is 14.1 Å². The third-order valence-corrected chi connectivity index (χ3v) is 4.35. The van der Waals surface area contributed by atoms with Crippen LogP contribution >= 0.6 is 0 Å². The lowest BCUT2D eigenvalue weighted by molar-refractivity contribution is -0.127. The molecule has 0 saturated carbocycles. The van der Waals surface area contributed by atoms with Gasteiger partial charge in [0.2, 0.25) is 5.91 Å². The molecule has 0 spiro atoms. The number of methoxy groups -OCH3 is 1. The normalized spacial score (nSPS) is 12.1.